The standard InChI is InChI=1S/C17H12O3/c18-15-6-3-11(4-7-15)17(20)14-2-1-13-10-16(19)8-5-12(13)9-14/h1-10,18-19H. The molecule has 0 aromatic heterocycles. The van der Waals surface area contributed by atoms with Crippen LogP contribution in [0.4, 0.5) is 0 Å². The molecule has 0 bridgehead atoms. The van der Waals surface area contributed by atoms with Gasteiger partial charge in [-0.05, 0) is 53.2 Å². The van der Waals surface area contributed by atoms with E-state index in [0.717, 1.165) is 10.8 Å². The third-order valence-corrected chi connectivity index (χ3v) is 3.22. The van der Waals surface area contributed by atoms with Crippen molar-refractivity contribution in [2.45, 2.75) is 0 Å². The Bertz CT molecular complexity index is 789. The first kappa shape index (κ1) is 12.2. The molecule has 0 aliphatic heterocycles. The number of rotatable bonds is 2. The van der Waals surface area contributed by atoms with Gasteiger partial charge in [0, 0.05) is 11.1 Å². The van der Waals surface area contributed by atoms with Crippen LogP contribution in [0.15, 0.2) is 60.7 Å². The highest BCUT2D eigenvalue weighted by molar-refractivity contribution is 6.10. The third-order valence-electron chi connectivity index (χ3n) is 3.22. The maximum atomic E-state index is 12.3. The Morgan fingerprint density at radius 2 is 1.20 bits per heavy atom. The van der Waals surface area contributed by atoms with Gasteiger partial charge in [-0.2, -0.15) is 0 Å². The molecule has 0 radical (unpaired) electrons. The van der Waals surface area contributed by atoms with E-state index in [2.05, 4.69) is 0 Å². The number of phenols is 2. The largest absolute Gasteiger partial charge is 0.508 e. The van der Waals surface area contributed by atoms with E-state index >= 15 is 0 Å². The zero-order valence-corrected chi connectivity index (χ0v) is 10.6. The van der Waals surface area contributed by atoms with E-state index in [1.165, 1.54) is 12.1 Å². The molecule has 0 unspecified atom stereocenters. The lowest BCUT2D eigenvalue weighted by molar-refractivity contribution is 0.103. The summed E-state index contributed by atoms with van der Waals surface area (Å²) < 4.78 is 0. The Balaban J connectivity index is 2.03. The molecule has 3 rings (SSSR count). The van der Waals surface area contributed by atoms with E-state index in [-0.39, 0.29) is 17.3 Å². The van der Waals surface area contributed by atoms with Gasteiger partial charge < -0.3 is 10.2 Å². The molecule has 3 aromatic carbocycles. The molecule has 0 saturated heterocycles. The normalized spacial score (nSPS) is 10.6. The van der Waals surface area contributed by atoms with Crippen molar-refractivity contribution in [1.29, 1.82) is 0 Å². The molecule has 0 amide bonds. The van der Waals surface area contributed by atoms with E-state index in [0.29, 0.717) is 11.1 Å². The zero-order chi connectivity index (χ0) is 14.1. The fourth-order valence-electron chi connectivity index (χ4n) is 2.15. The molecule has 0 atom stereocenters. The average molecular weight is 264 g/mol. The highest BCUT2D eigenvalue weighted by Gasteiger charge is 2.09. The maximum absolute atomic E-state index is 12.3. The van der Waals surface area contributed by atoms with Crippen molar-refractivity contribution in [1.82, 2.24) is 0 Å². The summed E-state index contributed by atoms with van der Waals surface area (Å²) in [5.41, 5.74) is 1.11. The lowest BCUT2D eigenvalue weighted by atomic mass is 10.00. The number of aromatic hydroxyl groups is 2. The Labute approximate surface area is 115 Å². The summed E-state index contributed by atoms with van der Waals surface area (Å²) in [6.07, 6.45) is 0. The number of carbonyl (C=O) groups excluding carboxylic acids is 1. The van der Waals surface area contributed by atoms with Crippen molar-refractivity contribution >= 4 is 16.6 Å². The maximum Gasteiger partial charge on any atom is 0.193 e. The number of carbonyl (C=O) groups is 1. The molecular formula is C17H12O3. The lowest BCUT2D eigenvalue weighted by Gasteiger charge is -2.04. The molecule has 98 valence electrons. The van der Waals surface area contributed by atoms with E-state index in [9.17, 15) is 15.0 Å². The molecule has 0 saturated carbocycles. The number of hydrogen-bond donors (Lipinski definition) is 2. The third kappa shape index (κ3) is 2.21. The highest BCUT2D eigenvalue weighted by Crippen LogP contribution is 2.22. The topological polar surface area (TPSA) is 57.5 Å². The van der Waals surface area contributed by atoms with Gasteiger partial charge in [-0.15, -0.1) is 0 Å². The SMILES string of the molecule is O=C(c1ccc(O)cc1)c1ccc2cc(O)ccc2c1. The number of ketones is 1. The van der Waals surface area contributed by atoms with Crippen LogP contribution in [0.1, 0.15) is 15.9 Å². The smallest absolute Gasteiger partial charge is 0.193 e. The van der Waals surface area contributed by atoms with Gasteiger partial charge in [0.1, 0.15) is 11.5 Å². The van der Waals surface area contributed by atoms with Crippen molar-refractivity contribution in [2.24, 2.45) is 0 Å². The molecule has 3 nitrogen and oxygen atoms in total. The Morgan fingerprint density at radius 3 is 1.95 bits per heavy atom. The van der Waals surface area contributed by atoms with Crippen molar-refractivity contribution in [3.8, 4) is 11.5 Å². The van der Waals surface area contributed by atoms with E-state index in [4.69, 9.17) is 0 Å². The van der Waals surface area contributed by atoms with Crippen molar-refractivity contribution < 1.29 is 15.0 Å². The molecule has 3 aromatic rings. The average Bonchev–Trinajstić information content (AvgIpc) is 2.47. The van der Waals surface area contributed by atoms with Gasteiger partial charge in [-0.25, -0.2) is 0 Å². The summed E-state index contributed by atoms with van der Waals surface area (Å²) >= 11 is 0. The number of hydrogen-bond acceptors (Lipinski definition) is 3. The summed E-state index contributed by atoms with van der Waals surface area (Å²) in [4.78, 5) is 12.3. The van der Waals surface area contributed by atoms with Crippen molar-refractivity contribution in [3.05, 3.63) is 71.8 Å². The fraction of sp³-hybridized carbons (Fsp3) is 0. The minimum Gasteiger partial charge on any atom is -0.508 e. The molecular weight excluding hydrogens is 252 g/mol. The fourth-order valence-corrected chi connectivity index (χ4v) is 2.15. The molecule has 0 spiro atoms. The predicted molar refractivity (Wildman–Crippen MR) is 77.2 cm³/mol. The second kappa shape index (κ2) is 4.70. The van der Waals surface area contributed by atoms with Crippen molar-refractivity contribution in [3.63, 3.8) is 0 Å². The summed E-state index contributed by atoms with van der Waals surface area (Å²) in [5, 5.41) is 20.4. The van der Waals surface area contributed by atoms with Crippen molar-refractivity contribution in [2.75, 3.05) is 0 Å². The van der Waals surface area contributed by atoms with Gasteiger partial charge in [-0.1, -0.05) is 18.2 Å². The van der Waals surface area contributed by atoms with Crippen LogP contribution in [0.25, 0.3) is 10.8 Å². The molecule has 0 aliphatic carbocycles. The summed E-state index contributed by atoms with van der Waals surface area (Å²) in [6, 6.07) is 16.5. The molecule has 0 aliphatic rings. The van der Waals surface area contributed by atoms with Crippen LogP contribution in [0.3, 0.4) is 0 Å². The van der Waals surface area contributed by atoms with Gasteiger partial charge in [0.25, 0.3) is 0 Å². The molecule has 0 heterocycles. The van der Waals surface area contributed by atoms with Crippen LogP contribution in [0.2, 0.25) is 0 Å². The minimum absolute atomic E-state index is 0.0972. The van der Waals surface area contributed by atoms with Crippen LogP contribution in [-0.4, -0.2) is 16.0 Å². The molecule has 20 heavy (non-hydrogen) atoms. The second-order valence-corrected chi connectivity index (χ2v) is 4.62. The van der Waals surface area contributed by atoms with E-state index in [1.54, 1.807) is 42.5 Å². The second-order valence-electron chi connectivity index (χ2n) is 4.62. The lowest BCUT2D eigenvalue weighted by Crippen LogP contribution is -2.00. The molecule has 2 N–H and O–H groups in total. The van der Waals surface area contributed by atoms with E-state index in [1.807, 2.05) is 6.07 Å². The Hall–Kier alpha value is -2.81. The monoisotopic (exact) mass is 264 g/mol. The zero-order valence-electron chi connectivity index (χ0n) is 10.6. The first-order valence-electron chi connectivity index (χ1n) is 6.20. The molecule has 0 fully saturated rings. The first-order chi connectivity index (χ1) is 9.63. The molecule has 3 heteroatoms. The van der Waals surface area contributed by atoms with Crippen LogP contribution < -0.4 is 0 Å². The Morgan fingerprint density at radius 1 is 0.650 bits per heavy atom. The van der Waals surface area contributed by atoms with Gasteiger partial charge in [0.2, 0.25) is 0 Å². The first-order valence-corrected chi connectivity index (χ1v) is 6.20. The van der Waals surface area contributed by atoms with Gasteiger partial charge >= 0.3 is 0 Å². The predicted octanol–water partition coefficient (Wildman–Crippen LogP) is 3.48. The number of phenolic OH excluding ortho intramolecular Hbond substituents is 2. The summed E-state index contributed by atoms with van der Waals surface area (Å²) in [7, 11) is 0. The number of benzene rings is 3. The van der Waals surface area contributed by atoms with Gasteiger partial charge in [0.05, 0.1) is 0 Å². The van der Waals surface area contributed by atoms with E-state index < -0.39 is 0 Å². The van der Waals surface area contributed by atoms with Crippen LogP contribution in [0.5, 0.6) is 11.5 Å². The van der Waals surface area contributed by atoms with Crippen LogP contribution in [0, 0.1) is 0 Å². The van der Waals surface area contributed by atoms with Gasteiger partial charge in [-0.3, -0.25) is 4.79 Å². The summed E-state index contributed by atoms with van der Waals surface area (Å²) in [5.74, 6) is 0.241. The Kier molecular flexibility index (Phi) is 2.88. The van der Waals surface area contributed by atoms with Crippen LogP contribution in [-0.2, 0) is 0 Å². The highest BCUT2D eigenvalue weighted by atomic mass is 16.3. The number of fused-ring (bicyclic) bond motifs is 1. The van der Waals surface area contributed by atoms with Gasteiger partial charge in [0.15, 0.2) is 5.78 Å². The minimum atomic E-state index is -0.0972. The van der Waals surface area contributed by atoms with Crippen LogP contribution >= 0.6 is 0 Å². The quantitative estimate of drug-likeness (QED) is 0.697. The summed E-state index contributed by atoms with van der Waals surface area (Å²) in [6.45, 7) is 0.